The molecule has 0 bridgehead atoms. The van der Waals surface area contributed by atoms with Crippen LogP contribution in [0.4, 0.5) is 13.6 Å². The van der Waals surface area contributed by atoms with Gasteiger partial charge >= 0.3 is 6.09 Å². The van der Waals surface area contributed by atoms with Crippen molar-refractivity contribution in [2.75, 3.05) is 27.1 Å². The van der Waals surface area contributed by atoms with Crippen molar-refractivity contribution in [2.24, 2.45) is 10.9 Å². The minimum Gasteiger partial charge on any atom is -0.443 e. The van der Waals surface area contributed by atoms with Gasteiger partial charge in [0.05, 0.1) is 24.5 Å². The van der Waals surface area contributed by atoms with Crippen molar-refractivity contribution in [1.82, 2.24) is 14.9 Å². The highest BCUT2D eigenvalue weighted by molar-refractivity contribution is 8.15. The summed E-state index contributed by atoms with van der Waals surface area (Å²) in [7, 11) is 0.208. The SMILES string of the molecule is COC[C@@]1(C)SC(N(COCC[Si](C)(C)C)C(=O)OC(C)(C)C)=N[C@](C)(c2cc(/C=C(\F)c3cnc(Cl)cn3)ccc2F)[C@@H]1C. The van der Waals surface area contributed by atoms with E-state index in [-0.39, 0.29) is 35.7 Å². The molecule has 1 aliphatic heterocycles. The van der Waals surface area contributed by atoms with Crippen LogP contribution >= 0.6 is 23.4 Å². The number of amidine groups is 1. The molecule has 8 nitrogen and oxygen atoms in total. The van der Waals surface area contributed by atoms with Crippen molar-refractivity contribution in [3.05, 3.63) is 58.4 Å². The normalized spacial score (nSPS) is 22.6. The van der Waals surface area contributed by atoms with E-state index in [1.54, 1.807) is 33.9 Å². The van der Waals surface area contributed by atoms with Gasteiger partial charge in [-0.15, -0.1) is 0 Å². The molecule has 0 fully saturated rings. The second-order valence-electron chi connectivity index (χ2n) is 13.8. The van der Waals surface area contributed by atoms with Crippen LogP contribution in [-0.4, -0.2) is 71.6 Å². The third kappa shape index (κ3) is 9.81. The highest BCUT2D eigenvalue weighted by atomic mass is 35.5. The third-order valence-electron chi connectivity index (χ3n) is 7.60. The Hall–Kier alpha value is -2.38. The number of nitrogens with zero attached hydrogens (tertiary/aromatic N) is 4. The van der Waals surface area contributed by atoms with E-state index >= 15 is 8.78 Å². The average Bonchev–Trinajstić information content (AvgIpc) is 2.91. The van der Waals surface area contributed by atoms with Gasteiger partial charge < -0.3 is 14.2 Å². The molecule has 2 aromatic rings. The summed E-state index contributed by atoms with van der Waals surface area (Å²) in [5.41, 5.74) is -1.34. The van der Waals surface area contributed by atoms with Gasteiger partial charge in [0.25, 0.3) is 0 Å². The Kier molecular flexibility index (Phi) is 12.0. The quantitative estimate of drug-likeness (QED) is 0.141. The van der Waals surface area contributed by atoms with Crippen molar-refractivity contribution in [1.29, 1.82) is 0 Å². The van der Waals surface area contributed by atoms with Gasteiger partial charge in [-0.1, -0.05) is 56.0 Å². The molecule has 2 heterocycles. The molecule has 1 aromatic heterocycles. The van der Waals surface area contributed by atoms with E-state index in [1.807, 2.05) is 20.8 Å². The van der Waals surface area contributed by atoms with Crippen LogP contribution in [0.15, 0.2) is 35.6 Å². The van der Waals surface area contributed by atoms with E-state index in [4.69, 9.17) is 30.8 Å². The molecule has 3 atom stereocenters. The second kappa shape index (κ2) is 14.6. The fourth-order valence-corrected chi connectivity index (χ4v) is 7.10. The van der Waals surface area contributed by atoms with Gasteiger partial charge in [0.15, 0.2) is 11.0 Å². The van der Waals surface area contributed by atoms with Crippen molar-refractivity contribution in [3.63, 3.8) is 0 Å². The predicted molar refractivity (Wildman–Crippen MR) is 181 cm³/mol. The molecule has 1 aliphatic rings. The van der Waals surface area contributed by atoms with E-state index in [9.17, 15) is 4.79 Å². The molecule has 1 amide bonds. The molecular formula is C32H45ClF2N4O4SSi. The number of benzene rings is 1. The molecule has 0 unspecified atom stereocenters. The minimum absolute atomic E-state index is 0.00553. The number of thioether (sulfide) groups is 1. The van der Waals surface area contributed by atoms with Gasteiger partial charge in [0.2, 0.25) is 0 Å². The molecule has 13 heteroatoms. The molecule has 1 aromatic carbocycles. The smallest absolute Gasteiger partial charge is 0.418 e. The summed E-state index contributed by atoms with van der Waals surface area (Å²) in [5.74, 6) is -1.47. The van der Waals surface area contributed by atoms with Crippen LogP contribution < -0.4 is 0 Å². The Bertz CT molecular complexity index is 1420. The number of aliphatic imine (C=N–C) groups is 1. The first-order valence-electron chi connectivity index (χ1n) is 14.8. The number of amides is 1. The van der Waals surface area contributed by atoms with Crippen molar-refractivity contribution in [3.8, 4) is 0 Å². The summed E-state index contributed by atoms with van der Waals surface area (Å²) in [6.07, 6.45) is 3.11. The number of rotatable bonds is 10. The van der Waals surface area contributed by atoms with Gasteiger partial charge in [0.1, 0.15) is 29.0 Å². The summed E-state index contributed by atoms with van der Waals surface area (Å²) in [5, 5.41) is 0.461. The van der Waals surface area contributed by atoms with Gasteiger partial charge in [-0.25, -0.2) is 28.4 Å². The topological polar surface area (TPSA) is 86.1 Å². The van der Waals surface area contributed by atoms with Crippen LogP contribution in [0.3, 0.4) is 0 Å². The van der Waals surface area contributed by atoms with Gasteiger partial charge in [-0.05, 0) is 64.4 Å². The lowest BCUT2D eigenvalue weighted by molar-refractivity contribution is 0.0106. The second-order valence-corrected chi connectivity index (χ2v) is 21.3. The van der Waals surface area contributed by atoms with Crippen LogP contribution in [0.1, 0.15) is 58.4 Å². The lowest BCUT2D eigenvalue weighted by atomic mass is 9.73. The van der Waals surface area contributed by atoms with E-state index in [2.05, 4.69) is 29.6 Å². The molecule has 0 spiro atoms. The number of ether oxygens (including phenoxy) is 3. The highest BCUT2D eigenvalue weighted by Gasteiger charge is 2.52. The van der Waals surface area contributed by atoms with Crippen LogP contribution in [0.2, 0.25) is 30.8 Å². The van der Waals surface area contributed by atoms with Crippen molar-refractivity contribution >= 4 is 54.6 Å². The van der Waals surface area contributed by atoms with E-state index in [0.29, 0.717) is 17.3 Å². The number of methoxy groups -OCH3 is 1. The summed E-state index contributed by atoms with van der Waals surface area (Å²) < 4.78 is 47.7. The zero-order chi connectivity index (χ0) is 33.8. The average molecular weight is 683 g/mol. The van der Waals surface area contributed by atoms with Crippen LogP contribution in [0, 0.1) is 11.7 Å². The monoisotopic (exact) mass is 682 g/mol. The number of halogens is 3. The van der Waals surface area contributed by atoms with Gasteiger partial charge in [-0.2, -0.15) is 0 Å². The summed E-state index contributed by atoms with van der Waals surface area (Å²) >= 11 is 7.16. The van der Waals surface area contributed by atoms with Crippen molar-refractivity contribution in [2.45, 2.75) is 83.1 Å². The Morgan fingerprint density at radius 3 is 2.47 bits per heavy atom. The van der Waals surface area contributed by atoms with Crippen LogP contribution in [0.5, 0.6) is 0 Å². The predicted octanol–water partition coefficient (Wildman–Crippen LogP) is 8.65. The molecule has 0 aliphatic carbocycles. The number of hydrogen-bond donors (Lipinski definition) is 0. The first-order valence-corrected chi connectivity index (χ1v) is 19.7. The zero-order valence-electron chi connectivity index (χ0n) is 27.8. The third-order valence-corrected chi connectivity index (χ3v) is 10.9. The number of hydrogen-bond acceptors (Lipinski definition) is 8. The fraction of sp³-hybridized carbons (Fsp3) is 0.562. The van der Waals surface area contributed by atoms with Crippen LogP contribution in [0.25, 0.3) is 11.9 Å². The standard InChI is InChI=1S/C32H45ClF2N4O4SSi/c1-21-31(5,19-41-7)44-28(39(29(40)43-30(2,3)4)20-42-13-14-45(8,9)10)38-32(21,6)23-15-22(11-12-24(23)34)16-25(35)26-17-37-27(33)18-36-26/h11-12,15-18,21H,13-14,19-20H2,1-10H3/b25-16-/t21-,31-,32+/m1/s1. The largest absolute Gasteiger partial charge is 0.443 e. The first-order chi connectivity index (χ1) is 20.8. The summed E-state index contributed by atoms with van der Waals surface area (Å²) in [6, 6.07) is 5.25. The number of carbonyl (C=O) groups excluding carboxylic acids is 1. The molecule has 0 radical (unpaired) electrons. The van der Waals surface area contributed by atoms with E-state index in [0.717, 1.165) is 6.04 Å². The van der Waals surface area contributed by atoms with E-state index in [1.165, 1.54) is 47.3 Å². The molecule has 3 rings (SSSR count). The molecule has 0 N–H and O–H groups in total. The minimum atomic E-state index is -1.39. The Balaban J connectivity index is 2.13. The molecule has 0 saturated carbocycles. The Labute approximate surface area is 276 Å². The summed E-state index contributed by atoms with van der Waals surface area (Å²) in [6.45, 7) is 18.6. The van der Waals surface area contributed by atoms with Gasteiger partial charge in [-0.3, -0.25) is 4.99 Å². The molecule has 248 valence electrons. The van der Waals surface area contributed by atoms with Crippen molar-refractivity contribution < 1.29 is 27.8 Å². The number of carbonyl (C=O) groups is 1. The maximum atomic E-state index is 15.8. The lowest BCUT2D eigenvalue weighted by Gasteiger charge is -2.48. The zero-order valence-corrected chi connectivity index (χ0v) is 30.4. The molecule has 45 heavy (non-hydrogen) atoms. The van der Waals surface area contributed by atoms with E-state index < -0.39 is 41.7 Å². The molecule has 0 saturated heterocycles. The maximum absolute atomic E-state index is 15.8. The summed E-state index contributed by atoms with van der Waals surface area (Å²) in [4.78, 5) is 27.9. The first kappa shape index (κ1) is 37.1. The lowest BCUT2D eigenvalue weighted by Crippen LogP contribution is -2.53. The Morgan fingerprint density at radius 1 is 1.20 bits per heavy atom. The van der Waals surface area contributed by atoms with Gasteiger partial charge in [0, 0.05) is 38.0 Å². The highest BCUT2D eigenvalue weighted by Crippen LogP contribution is 2.51. The maximum Gasteiger partial charge on any atom is 0.418 e. The van der Waals surface area contributed by atoms with Crippen LogP contribution in [-0.2, 0) is 19.7 Å². The fourth-order valence-electron chi connectivity index (χ4n) is 4.77. The Morgan fingerprint density at radius 2 is 1.89 bits per heavy atom. The number of aromatic nitrogens is 2. The molecular weight excluding hydrogens is 638 g/mol.